The molecule has 0 saturated carbocycles. The number of carbonyl (C=O) groups is 2. The van der Waals surface area contributed by atoms with Crippen LogP contribution in [0.2, 0.25) is 0 Å². The van der Waals surface area contributed by atoms with E-state index in [9.17, 15) is 26.4 Å². The molecular weight excluding hydrogens is 324 g/mol. The summed E-state index contributed by atoms with van der Waals surface area (Å²) in [5.74, 6) is -2.62. The van der Waals surface area contributed by atoms with Crippen molar-refractivity contribution in [3.05, 3.63) is 0 Å². The molecule has 4 N–H and O–H groups in total. The Morgan fingerprint density at radius 2 is 1.81 bits per heavy atom. The quantitative estimate of drug-likeness (QED) is 0.492. The molecule has 0 aromatic heterocycles. The van der Waals surface area contributed by atoms with Gasteiger partial charge in [-0.25, -0.2) is 21.6 Å². The number of carboxylic acid groups (broad SMARTS) is 1. The molecule has 1 unspecified atom stereocenters. The predicted molar refractivity (Wildman–Crippen MR) is 73.6 cm³/mol. The Kier molecular flexibility index (Phi) is 5.70. The molecule has 0 aliphatic carbocycles. The van der Waals surface area contributed by atoms with Gasteiger partial charge < -0.3 is 10.8 Å². The van der Waals surface area contributed by atoms with E-state index < -0.39 is 43.0 Å². The monoisotopic (exact) mass is 342 g/mol. The third-order valence-electron chi connectivity index (χ3n) is 3.22. The predicted octanol–water partition coefficient (Wildman–Crippen LogP) is -1.80. The summed E-state index contributed by atoms with van der Waals surface area (Å²) in [6.45, 7) is 0. The van der Waals surface area contributed by atoms with Crippen molar-refractivity contribution in [1.29, 1.82) is 0 Å². The molecule has 21 heavy (non-hydrogen) atoms. The Bertz CT molecular complexity index is 597. The minimum absolute atomic E-state index is 0.0696. The summed E-state index contributed by atoms with van der Waals surface area (Å²) in [4.78, 5) is 21.7. The maximum absolute atomic E-state index is 12.1. The number of nitrogens with two attached hydrogens (primary N) is 1. The van der Waals surface area contributed by atoms with E-state index >= 15 is 0 Å². The molecule has 11 heteroatoms. The highest BCUT2D eigenvalue weighted by Gasteiger charge is 2.35. The summed E-state index contributed by atoms with van der Waals surface area (Å²) in [7, 11) is -7.18. The summed E-state index contributed by atoms with van der Waals surface area (Å²) in [6.07, 6.45) is -0.660. The van der Waals surface area contributed by atoms with Crippen LogP contribution in [-0.4, -0.2) is 56.6 Å². The van der Waals surface area contributed by atoms with Gasteiger partial charge in [-0.05, 0) is 19.3 Å². The Balaban J connectivity index is 2.73. The fraction of sp³-hybridized carbons (Fsp3) is 0.800. The average Bonchev–Trinajstić information content (AvgIpc) is 2.33. The van der Waals surface area contributed by atoms with Crippen molar-refractivity contribution < 1.29 is 31.5 Å². The number of sulfonamides is 1. The second-order valence-corrected chi connectivity index (χ2v) is 9.21. The fourth-order valence-electron chi connectivity index (χ4n) is 1.99. The standard InChI is InChI=1S/C10H18N2O7S2/c11-9(13)2-1-8(10(14)15)12-21(18,19)7-3-5-20(16,17)6-4-7/h7-8,12H,1-6H2,(H2,11,13)(H,14,15). The van der Waals surface area contributed by atoms with Gasteiger partial charge in [0.25, 0.3) is 0 Å². The van der Waals surface area contributed by atoms with Crippen molar-refractivity contribution in [2.75, 3.05) is 11.5 Å². The van der Waals surface area contributed by atoms with Gasteiger partial charge in [0.05, 0.1) is 16.8 Å². The minimum atomic E-state index is -3.97. The zero-order valence-electron chi connectivity index (χ0n) is 11.2. The molecule has 1 fully saturated rings. The first-order valence-electron chi connectivity index (χ1n) is 6.26. The molecule has 0 spiro atoms. The molecule has 1 heterocycles. The van der Waals surface area contributed by atoms with Crippen molar-refractivity contribution >= 4 is 31.7 Å². The first-order chi connectivity index (χ1) is 9.53. The molecule has 1 aliphatic rings. The van der Waals surface area contributed by atoms with E-state index in [4.69, 9.17) is 10.8 Å². The topological polar surface area (TPSA) is 161 Å². The second-order valence-electron chi connectivity index (χ2n) is 4.91. The Labute approximate surface area is 122 Å². The average molecular weight is 342 g/mol. The lowest BCUT2D eigenvalue weighted by atomic mass is 10.2. The summed E-state index contributed by atoms with van der Waals surface area (Å²) in [5, 5.41) is 8.01. The number of carboxylic acids is 1. The molecule has 1 saturated heterocycles. The van der Waals surface area contributed by atoms with Gasteiger partial charge in [-0.2, -0.15) is 0 Å². The summed E-state index contributed by atoms with van der Waals surface area (Å²) >= 11 is 0. The Morgan fingerprint density at radius 3 is 2.24 bits per heavy atom. The van der Waals surface area contributed by atoms with Gasteiger partial charge in [-0.3, -0.25) is 9.59 Å². The van der Waals surface area contributed by atoms with E-state index in [0.717, 1.165) is 0 Å². The zero-order valence-corrected chi connectivity index (χ0v) is 12.8. The molecule has 0 bridgehead atoms. The first-order valence-corrected chi connectivity index (χ1v) is 9.63. The van der Waals surface area contributed by atoms with Gasteiger partial charge in [0.1, 0.15) is 15.9 Å². The van der Waals surface area contributed by atoms with Crippen LogP contribution < -0.4 is 10.5 Å². The highest BCUT2D eigenvalue weighted by molar-refractivity contribution is 7.92. The number of hydrogen-bond acceptors (Lipinski definition) is 6. The molecule has 1 rings (SSSR count). The highest BCUT2D eigenvalue weighted by Crippen LogP contribution is 2.19. The smallest absolute Gasteiger partial charge is 0.321 e. The summed E-state index contributed by atoms with van der Waals surface area (Å²) in [5.41, 5.74) is 4.90. The van der Waals surface area contributed by atoms with Crippen LogP contribution in [0.4, 0.5) is 0 Å². The zero-order chi connectivity index (χ0) is 16.3. The molecule has 122 valence electrons. The van der Waals surface area contributed by atoms with Crippen molar-refractivity contribution in [1.82, 2.24) is 4.72 Å². The van der Waals surface area contributed by atoms with E-state index in [0.29, 0.717) is 0 Å². The normalized spacial score (nSPS) is 20.8. The molecule has 1 amide bonds. The number of nitrogens with one attached hydrogen (secondary N) is 1. The third-order valence-corrected chi connectivity index (χ3v) is 6.90. The van der Waals surface area contributed by atoms with Crippen LogP contribution in [0.3, 0.4) is 0 Å². The van der Waals surface area contributed by atoms with Crippen LogP contribution in [-0.2, 0) is 29.4 Å². The first kappa shape index (κ1) is 17.9. The lowest BCUT2D eigenvalue weighted by Crippen LogP contribution is -2.47. The largest absolute Gasteiger partial charge is 0.480 e. The van der Waals surface area contributed by atoms with Crippen LogP contribution in [0.5, 0.6) is 0 Å². The van der Waals surface area contributed by atoms with Gasteiger partial charge in [-0.15, -0.1) is 0 Å². The fourth-order valence-corrected chi connectivity index (χ4v) is 5.45. The van der Waals surface area contributed by atoms with Gasteiger partial charge in [-0.1, -0.05) is 0 Å². The number of carbonyl (C=O) groups excluding carboxylic acids is 1. The number of sulfone groups is 1. The van der Waals surface area contributed by atoms with E-state index in [2.05, 4.69) is 0 Å². The van der Waals surface area contributed by atoms with Crippen molar-refractivity contribution in [2.24, 2.45) is 5.73 Å². The Morgan fingerprint density at radius 1 is 1.29 bits per heavy atom. The number of amides is 1. The van der Waals surface area contributed by atoms with E-state index in [1.54, 1.807) is 0 Å². The lowest BCUT2D eigenvalue weighted by Gasteiger charge is -2.24. The minimum Gasteiger partial charge on any atom is -0.480 e. The summed E-state index contributed by atoms with van der Waals surface area (Å²) < 4.78 is 48.7. The van der Waals surface area contributed by atoms with Crippen molar-refractivity contribution in [3.8, 4) is 0 Å². The molecular formula is C10H18N2O7S2. The third kappa shape index (κ3) is 5.59. The molecule has 0 radical (unpaired) electrons. The molecule has 9 nitrogen and oxygen atoms in total. The van der Waals surface area contributed by atoms with Crippen LogP contribution in [0.25, 0.3) is 0 Å². The number of hydrogen-bond donors (Lipinski definition) is 3. The van der Waals surface area contributed by atoms with E-state index in [1.807, 2.05) is 4.72 Å². The van der Waals surface area contributed by atoms with E-state index in [1.165, 1.54) is 0 Å². The maximum Gasteiger partial charge on any atom is 0.321 e. The number of primary amides is 1. The highest BCUT2D eigenvalue weighted by atomic mass is 32.2. The van der Waals surface area contributed by atoms with Gasteiger partial charge in [0.2, 0.25) is 15.9 Å². The van der Waals surface area contributed by atoms with Crippen molar-refractivity contribution in [2.45, 2.75) is 37.0 Å². The molecule has 0 aromatic carbocycles. The number of aliphatic carboxylic acids is 1. The van der Waals surface area contributed by atoms with Gasteiger partial charge in [0.15, 0.2) is 0 Å². The van der Waals surface area contributed by atoms with Gasteiger partial charge in [0, 0.05) is 6.42 Å². The molecule has 1 aliphatic heterocycles. The van der Waals surface area contributed by atoms with Crippen LogP contribution in [0.15, 0.2) is 0 Å². The SMILES string of the molecule is NC(=O)CCC(NS(=O)(=O)C1CCS(=O)(=O)CC1)C(=O)O. The molecule has 0 aromatic rings. The van der Waals surface area contributed by atoms with Gasteiger partial charge >= 0.3 is 5.97 Å². The summed E-state index contributed by atoms with van der Waals surface area (Å²) in [6, 6.07) is -1.46. The lowest BCUT2D eigenvalue weighted by molar-refractivity contribution is -0.139. The molecule has 1 atom stereocenters. The van der Waals surface area contributed by atoms with Crippen molar-refractivity contribution in [3.63, 3.8) is 0 Å². The van der Waals surface area contributed by atoms with Crippen LogP contribution in [0, 0.1) is 0 Å². The van der Waals surface area contributed by atoms with Crippen LogP contribution in [0.1, 0.15) is 25.7 Å². The van der Waals surface area contributed by atoms with E-state index in [-0.39, 0.29) is 37.2 Å². The second kappa shape index (κ2) is 6.71. The van der Waals surface area contributed by atoms with Crippen LogP contribution >= 0.6 is 0 Å². The Hall–Kier alpha value is -1.20. The number of rotatable bonds is 7. The maximum atomic E-state index is 12.1.